The van der Waals surface area contributed by atoms with Crippen molar-refractivity contribution in [1.82, 2.24) is 14.9 Å². The highest BCUT2D eigenvalue weighted by Crippen LogP contribution is 2.32. The molecule has 0 saturated carbocycles. The molecule has 0 aliphatic carbocycles. The molecule has 2 heterocycles. The molecule has 1 aliphatic rings. The molecule has 3 aromatic rings. The highest BCUT2D eigenvalue weighted by atomic mass is 19.1. The minimum absolute atomic E-state index is 0.304. The van der Waals surface area contributed by atoms with E-state index in [9.17, 15) is 4.39 Å². The van der Waals surface area contributed by atoms with Crippen LogP contribution in [-0.4, -0.2) is 61.4 Å². The molecule has 1 saturated heterocycles. The lowest BCUT2D eigenvalue weighted by molar-refractivity contribution is 0.137. The van der Waals surface area contributed by atoms with Crippen molar-refractivity contribution in [3.63, 3.8) is 0 Å². The van der Waals surface area contributed by atoms with Crippen molar-refractivity contribution in [2.75, 3.05) is 46.6 Å². The zero-order chi connectivity index (χ0) is 20.1. The molecular weight excluding hydrogens is 373 g/mol. The molecule has 0 N–H and O–H groups in total. The molecule has 2 aromatic carbocycles. The van der Waals surface area contributed by atoms with Crippen LogP contribution in [0.2, 0.25) is 0 Å². The van der Waals surface area contributed by atoms with E-state index in [1.54, 1.807) is 25.4 Å². The summed E-state index contributed by atoms with van der Waals surface area (Å²) in [5, 5.41) is 0. The van der Waals surface area contributed by atoms with Crippen molar-refractivity contribution in [3.05, 3.63) is 48.4 Å². The van der Waals surface area contributed by atoms with E-state index in [-0.39, 0.29) is 5.82 Å². The van der Waals surface area contributed by atoms with Crippen LogP contribution in [-0.2, 0) is 4.74 Å². The third-order valence-electron chi connectivity index (χ3n) is 4.93. The molecule has 0 spiro atoms. The summed E-state index contributed by atoms with van der Waals surface area (Å²) in [7, 11) is 1.60. The van der Waals surface area contributed by atoms with Crippen molar-refractivity contribution in [2.45, 2.75) is 6.42 Å². The Bertz CT molecular complexity index is 975. The summed E-state index contributed by atoms with van der Waals surface area (Å²) >= 11 is 0. The monoisotopic (exact) mass is 397 g/mol. The minimum atomic E-state index is -0.304. The van der Waals surface area contributed by atoms with Gasteiger partial charge in [0, 0.05) is 43.9 Å². The smallest absolute Gasteiger partial charge is 0.163 e. The van der Waals surface area contributed by atoms with Gasteiger partial charge >= 0.3 is 0 Å². The maximum atomic E-state index is 13.5. The molecule has 29 heavy (non-hydrogen) atoms. The Hall–Kier alpha value is -2.77. The maximum Gasteiger partial charge on any atom is 0.163 e. The van der Waals surface area contributed by atoms with Crippen LogP contribution in [0.5, 0.6) is 11.5 Å². The van der Waals surface area contributed by atoms with Crippen LogP contribution in [0.25, 0.3) is 22.3 Å². The van der Waals surface area contributed by atoms with E-state index in [1.807, 2.05) is 12.1 Å². The minimum Gasteiger partial charge on any atom is -0.493 e. The van der Waals surface area contributed by atoms with E-state index < -0.39 is 0 Å². The average Bonchev–Trinajstić information content (AvgIpc) is 3.02. The molecule has 0 amide bonds. The Morgan fingerprint density at radius 3 is 2.86 bits per heavy atom. The quantitative estimate of drug-likeness (QED) is 0.634. The van der Waals surface area contributed by atoms with Crippen LogP contribution >= 0.6 is 0 Å². The van der Waals surface area contributed by atoms with Gasteiger partial charge in [0.15, 0.2) is 11.5 Å². The van der Waals surface area contributed by atoms with Crippen molar-refractivity contribution in [2.24, 2.45) is 0 Å². The normalized spacial score (nSPS) is 15.2. The second-order valence-corrected chi connectivity index (χ2v) is 6.91. The molecule has 6 nitrogen and oxygen atoms in total. The first-order chi connectivity index (χ1) is 14.2. The van der Waals surface area contributed by atoms with E-state index >= 15 is 0 Å². The van der Waals surface area contributed by atoms with E-state index in [0.717, 1.165) is 39.3 Å². The van der Waals surface area contributed by atoms with Crippen LogP contribution < -0.4 is 9.47 Å². The number of aromatic nitrogens is 2. The fourth-order valence-corrected chi connectivity index (χ4v) is 3.39. The fourth-order valence-electron chi connectivity index (χ4n) is 3.39. The summed E-state index contributed by atoms with van der Waals surface area (Å²) in [5.74, 6) is 0.933. The predicted octanol–water partition coefficient (Wildman–Crippen LogP) is 3.55. The number of hydrogen-bond acceptors (Lipinski definition) is 6. The van der Waals surface area contributed by atoms with Gasteiger partial charge in [0.1, 0.15) is 12.4 Å². The Labute approximate surface area is 169 Å². The Morgan fingerprint density at radius 2 is 2.00 bits per heavy atom. The van der Waals surface area contributed by atoms with Crippen LogP contribution in [0.1, 0.15) is 6.42 Å². The van der Waals surface area contributed by atoms with Gasteiger partial charge in [-0.15, -0.1) is 0 Å². The van der Waals surface area contributed by atoms with Gasteiger partial charge in [-0.2, -0.15) is 0 Å². The van der Waals surface area contributed by atoms with Crippen molar-refractivity contribution >= 4 is 11.0 Å². The lowest BCUT2D eigenvalue weighted by Crippen LogP contribution is -2.30. The van der Waals surface area contributed by atoms with Crippen molar-refractivity contribution in [3.8, 4) is 22.8 Å². The first-order valence-electron chi connectivity index (χ1n) is 9.76. The molecule has 0 radical (unpaired) electrons. The highest BCUT2D eigenvalue weighted by molar-refractivity contribution is 5.81. The summed E-state index contributed by atoms with van der Waals surface area (Å²) < 4.78 is 30.5. The number of methoxy groups -OCH3 is 1. The predicted molar refractivity (Wildman–Crippen MR) is 109 cm³/mol. The number of hydrogen-bond donors (Lipinski definition) is 0. The summed E-state index contributed by atoms with van der Waals surface area (Å²) in [6, 6.07) is 9.95. The molecule has 1 aliphatic heterocycles. The number of halogens is 1. The molecule has 0 atom stereocenters. The van der Waals surface area contributed by atoms with Crippen LogP contribution in [0.4, 0.5) is 4.39 Å². The van der Waals surface area contributed by atoms with Gasteiger partial charge in [-0.25, -0.2) is 9.37 Å². The van der Waals surface area contributed by atoms with Gasteiger partial charge in [-0.1, -0.05) is 12.1 Å². The molecule has 0 unspecified atom stereocenters. The summed E-state index contributed by atoms with van der Waals surface area (Å²) in [5.41, 5.74) is 2.65. The van der Waals surface area contributed by atoms with Gasteiger partial charge in [0.2, 0.25) is 0 Å². The van der Waals surface area contributed by atoms with Crippen LogP contribution in [0, 0.1) is 5.82 Å². The lowest BCUT2D eigenvalue weighted by atomic mass is 10.1. The van der Waals surface area contributed by atoms with E-state index in [0.29, 0.717) is 40.4 Å². The van der Waals surface area contributed by atoms with Gasteiger partial charge in [0.25, 0.3) is 0 Å². The first-order valence-corrected chi connectivity index (χ1v) is 9.76. The first kappa shape index (κ1) is 19.5. The van der Waals surface area contributed by atoms with Gasteiger partial charge in [-0.3, -0.25) is 9.88 Å². The maximum absolute atomic E-state index is 13.5. The number of nitrogens with zero attached hydrogens (tertiary/aromatic N) is 3. The second-order valence-electron chi connectivity index (χ2n) is 6.91. The molecular formula is C22H24FN3O3. The number of ether oxygens (including phenoxy) is 3. The molecule has 0 bridgehead atoms. The fraction of sp³-hybridized carbons (Fsp3) is 0.364. The number of rotatable bonds is 6. The molecule has 4 rings (SSSR count). The van der Waals surface area contributed by atoms with Crippen molar-refractivity contribution < 1.29 is 18.6 Å². The Balaban J connectivity index is 1.51. The highest BCUT2D eigenvalue weighted by Gasteiger charge is 2.13. The lowest BCUT2D eigenvalue weighted by Gasteiger charge is -2.19. The average molecular weight is 397 g/mol. The Morgan fingerprint density at radius 1 is 1.10 bits per heavy atom. The molecule has 152 valence electrons. The van der Waals surface area contributed by atoms with Crippen LogP contribution in [0.3, 0.4) is 0 Å². The van der Waals surface area contributed by atoms with Gasteiger partial charge < -0.3 is 14.2 Å². The standard InChI is InChI=1S/C22H24FN3O3/c1-27-21-14-19-18(24-15-20(25-19)16-4-2-5-17(23)12-16)13-22(21)29-11-8-26-6-3-9-28-10-7-26/h2,4-5,12-15H,3,6-11H2,1H3. The number of fused-ring (bicyclic) bond motifs is 1. The molecule has 7 heteroatoms. The zero-order valence-corrected chi connectivity index (χ0v) is 16.4. The zero-order valence-electron chi connectivity index (χ0n) is 16.4. The van der Waals surface area contributed by atoms with Gasteiger partial charge in [0.05, 0.1) is 36.6 Å². The third kappa shape index (κ3) is 4.81. The topological polar surface area (TPSA) is 56.7 Å². The van der Waals surface area contributed by atoms with Crippen molar-refractivity contribution in [1.29, 1.82) is 0 Å². The molecule has 1 fully saturated rings. The SMILES string of the molecule is COc1cc2nc(-c3cccc(F)c3)cnc2cc1OCCN1CCCOCC1. The van der Waals surface area contributed by atoms with Crippen LogP contribution in [0.15, 0.2) is 42.6 Å². The van der Waals surface area contributed by atoms with E-state index in [4.69, 9.17) is 14.2 Å². The van der Waals surface area contributed by atoms with Gasteiger partial charge in [-0.05, 0) is 18.6 Å². The summed E-state index contributed by atoms with van der Waals surface area (Å²) in [6.07, 6.45) is 2.69. The number of benzene rings is 2. The Kier molecular flexibility index (Phi) is 6.17. The third-order valence-corrected chi connectivity index (χ3v) is 4.93. The summed E-state index contributed by atoms with van der Waals surface area (Å²) in [6.45, 7) is 4.92. The van der Waals surface area contributed by atoms with E-state index in [2.05, 4.69) is 14.9 Å². The van der Waals surface area contributed by atoms with E-state index in [1.165, 1.54) is 12.1 Å². The largest absolute Gasteiger partial charge is 0.493 e. The second kappa shape index (κ2) is 9.15. The summed E-state index contributed by atoms with van der Waals surface area (Å²) in [4.78, 5) is 11.4. The molecule has 1 aromatic heterocycles.